The Bertz CT molecular complexity index is 557. The van der Waals surface area contributed by atoms with Gasteiger partial charge in [0.1, 0.15) is 9.22 Å². The van der Waals surface area contributed by atoms with Gasteiger partial charge in [-0.3, -0.25) is 0 Å². The lowest BCUT2D eigenvalue weighted by Crippen LogP contribution is -2.22. The van der Waals surface area contributed by atoms with Crippen LogP contribution < -0.4 is 4.72 Å². The molecule has 0 spiro atoms. The maximum atomic E-state index is 11.7. The van der Waals surface area contributed by atoms with Gasteiger partial charge in [-0.2, -0.15) is 0 Å². The molecule has 0 unspecified atom stereocenters. The summed E-state index contributed by atoms with van der Waals surface area (Å²) in [6, 6.07) is 3.30. The molecule has 0 amide bonds. The molecule has 0 aliphatic heterocycles. The molecule has 0 saturated heterocycles. The predicted molar refractivity (Wildman–Crippen MR) is 65.2 cm³/mol. The van der Waals surface area contributed by atoms with Gasteiger partial charge in [-0.15, -0.1) is 22.7 Å². The van der Waals surface area contributed by atoms with Crippen molar-refractivity contribution >= 4 is 32.7 Å². The normalized spacial score (nSPS) is 11.8. The first-order chi connectivity index (χ1) is 7.58. The van der Waals surface area contributed by atoms with Gasteiger partial charge < -0.3 is 0 Å². The average Bonchev–Trinajstić information content (AvgIpc) is 2.85. The number of nitrogens with one attached hydrogen (secondary N) is 1. The monoisotopic (exact) mass is 274 g/mol. The van der Waals surface area contributed by atoms with E-state index in [0.29, 0.717) is 4.21 Å². The van der Waals surface area contributed by atoms with Crippen molar-refractivity contribution in [3.63, 3.8) is 0 Å². The second kappa shape index (κ2) is 4.62. The Morgan fingerprint density at radius 2 is 2.31 bits per heavy atom. The fourth-order valence-corrected chi connectivity index (χ4v) is 3.97. The van der Waals surface area contributed by atoms with E-state index in [1.165, 1.54) is 22.7 Å². The number of thiophene rings is 1. The Kier molecular flexibility index (Phi) is 3.38. The topological polar surface area (TPSA) is 59.1 Å². The number of rotatable bonds is 4. The minimum Gasteiger partial charge on any atom is -0.248 e. The van der Waals surface area contributed by atoms with E-state index in [-0.39, 0.29) is 6.54 Å². The lowest BCUT2D eigenvalue weighted by Gasteiger charge is -2.01. The van der Waals surface area contributed by atoms with Crippen LogP contribution in [0.3, 0.4) is 0 Å². The number of hydrogen-bond acceptors (Lipinski definition) is 5. The maximum Gasteiger partial charge on any atom is 0.250 e. The summed E-state index contributed by atoms with van der Waals surface area (Å²) in [6.45, 7) is 2.19. The Labute approximate surface area is 102 Å². The fourth-order valence-electron chi connectivity index (χ4n) is 1.13. The molecule has 0 aromatic carbocycles. The van der Waals surface area contributed by atoms with Crippen molar-refractivity contribution in [2.75, 3.05) is 0 Å². The van der Waals surface area contributed by atoms with Crippen molar-refractivity contribution < 1.29 is 8.42 Å². The van der Waals surface area contributed by atoms with E-state index in [4.69, 9.17) is 0 Å². The summed E-state index contributed by atoms with van der Waals surface area (Å²) in [4.78, 5) is 5.17. The van der Waals surface area contributed by atoms with Crippen LogP contribution in [0.2, 0.25) is 0 Å². The number of hydrogen-bond donors (Lipinski definition) is 1. The molecule has 0 aliphatic carbocycles. The third-order valence-electron chi connectivity index (χ3n) is 1.84. The van der Waals surface area contributed by atoms with Gasteiger partial charge in [-0.25, -0.2) is 18.1 Å². The van der Waals surface area contributed by atoms with Crippen LogP contribution in [0, 0.1) is 6.92 Å². The zero-order valence-electron chi connectivity index (χ0n) is 8.50. The van der Waals surface area contributed by atoms with Crippen LogP contribution in [-0.2, 0) is 16.6 Å². The minimum atomic E-state index is -3.37. The van der Waals surface area contributed by atoms with Crippen LogP contribution in [-0.4, -0.2) is 13.4 Å². The average molecular weight is 274 g/mol. The summed E-state index contributed by atoms with van der Waals surface area (Å²) in [5.74, 6) is 0. The molecule has 16 heavy (non-hydrogen) atoms. The molecule has 0 aliphatic rings. The molecule has 0 atom stereocenters. The summed E-state index contributed by atoms with van der Waals surface area (Å²) in [6.07, 6.45) is 1.74. The lowest BCUT2D eigenvalue weighted by atomic mass is 10.6. The Morgan fingerprint density at radius 1 is 1.50 bits per heavy atom. The molecule has 2 aromatic heterocycles. The van der Waals surface area contributed by atoms with Crippen LogP contribution >= 0.6 is 22.7 Å². The molecule has 0 saturated carbocycles. The zero-order chi connectivity index (χ0) is 11.6. The Morgan fingerprint density at radius 3 is 2.88 bits per heavy atom. The highest BCUT2D eigenvalue weighted by molar-refractivity contribution is 7.91. The van der Waals surface area contributed by atoms with E-state index in [2.05, 4.69) is 9.71 Å². The molecule has 4 nitrogen and oxygen atoms in total. The minimum absolute atomic E-state index is 0.249. The first-order valence-electron chi connectivity index (χ1n) is 4.52. The number of sulfonamides is 1. The van der Waals surface area contributed by atoms with Gasteiger partial charge in [-0.1, -0.05) is 6.07 Å². The molecule has 2 heterocycles. The third-order valence-corrected chi connectivity index (χ3v) is 5.55. The quantitative estimate of drug-likeness (QED) is 0.927. The summed E-state index contributed by atoms with van der Waals surface area (Å²) in [5.41, 5.74) is 0. The Hall–Kier alpha value is -0.760. The molecule has 7 heteroatoms. The zero-order valence-corrected chi connectivity index (χ0v) is 11.0. The van der Waals surface area contributed by atoms with Crippen molar-refractivity contribution in [1.29, 1.82) is 0 Å². The van der Waals surface area contributed by atoms with Crippen LogP contribution in [0.15, 0.2) is 27.9 Å². The molecule has 0 bridgehead atoms. The van der Waals surface area contributed by atoms with Crippen molar-refractivity contribution in [2.24, 2.45) is 0 Å². The molecular weight excluding hydrogens is 264 g/mol. The number of nitrogens with zero attached hydrogens (tertiary/aromatic N) is 1. The molecule has 86 valence electrons. The lowest BCUT2D eigenvalue weighted by molar-refractivity contribution is 0.583. The Balaban J connectivity index is 2.06. The number of aromatic nitrogens is 1. The van der Waals surface area contributed by atoms with Crippen molar-refractivity contribution in [3.8, 4) is 0 Å². The van der Waals surface area contributed by atoms with Crippen LogP contribution in [0.4, 0.5) is 0 Å². The van der Waals surface area contributed by atoms with E-state index in [0.717, 1.165) is 9.88 Å². The van der Waals surface area contributed by atoms with Gasteiger partial charge in [0.25, 0.3) is 0 Å². The molecule has 2 rings (SSSR count). The fraction of sp³-hybridized carbons (Fsp3) is 0.222. The van der Waals surface area contributed by atoms with Crippen LogP contribution in [0.25, 0.3) is 0 Å². The van der Waals surface area contributed by atoms with Crippen molar-refractivity contribution in [2.45, 2.75) is 17.7 Å². The molecular formula is C9H10N2O2S3. The third kappa shape index (κ3) is 2.67. The summed E-state index contributed by atoms with van der Waals surface area (Å²) < 4.78 is 26.4. The highest BCUT2D eigenvalue weighted by Crippen LogP contribution is 2.16. The largest absolute Gasteiger partial charge is 0.250 e. The van der Waals surface area contributed by atoms with Gasteiger partial charge in [0.15, 0.2) is 0 Å². The van der Waals surface area contributed by atoms with Crippen LogP contribution in [0.1, 0.15) is 9.88 Å². The van der Waals surface area contributed by atoms with Gasteiger partial charge in [0.2, 0.25) is 10.0 Å². The van der Waals surface area contributed by atoms with Crippen molar-refractivity contribution in [3.05, 3.63) is 33.6 Å². The van der Waals surface area contributed by atoms with E-state index < -0.39 is 10.0 Å². The second-order valence-corrected chi connectivity index (χ2v) is 7.38. The molecule has 0 fully saturated rings. The number of aryl methyl sites for hydroxylation is 1. The number of thiazole rings is 1. The summed E-state index contributed by atoms with van der Waals surface area (Å²) in [5, 5.41) is 2.51. The van der Waals surface area contributed by atoms with E-state index >= 15 is 0 Å². The van der Waals surface area contributed by atoms with E-state index in [1.54, 1.807) is 23.7 Å². The van der Waals surface area contributed by atoms with Crippen molar-refractivity contribution in [1.82, 2.24) is 9.71 Å². The van der Waals surface area contributed by atoms with Gasteiger partial charge in [0.05, 0.1) is 6.54 Å². The first kappa shape index (κ1) is 11.7. The van der Waals surface area contributed by atoms with E-state index in [9.17, 15) is 8.42 Å². The second-order valence-electron chi connectivity index (χ2n) is 3.12. The van der Waals surface area contributed by atoms with Gasteiger partial charge in [-0.05, 0) is 18.4 Å². The van der Waals surface area contributed by atoms with Crippen LogP contribution in [0.5, 0.6) is 0 Å². The summed E-state index contributed by atoms with van der Waals surface area (Å²) >= 11 is 2.69. The smallest absolute Gasteiger partial charge is 0.248 e. The van der Waals surface area contributed by atoms with E-state index in [1.807, 2.05) is 6.92 Å². The van der Waals surface area contributed by atoms with Gasteiger partial charge >= 0.3 is 0 Å². The summed E-state index contributed by atoms with van der Waals surface area (Å²) in [7, 11) is -3.37. The molecule has 2 aromatic rings. The van der Waals surface area contributed by atoms with Gasteiger partial charge in [0, 0.05) is 11.1 Å². The SMILES string of the molecule is Cc1cnc(CNS(=O)(=O)c2cccs2)s1. The highest BCUT2D eigenvalue weighted by atomic mass is 32.2. The molecule has 1 N–H and O–H groups in total. The predicted octanol–water partition coefficient (Wildman–Crippen LogP) is 1.99. The highest BCUT2D eigenvalue weighted by Gasteiger charge is 2.14. The standard InChI is InChI=1S/C9H10N2O2S3/c1-7-5-10-8(15-7)6-11-16(12,13)9-3-2-4-14-9/h2-5,11H,6H2,1H3. The first-order valence-corrected chi connectivity index (χ1v) is 7.70. The molecule has 0 radical (unpaired) electrons. The maximum absolute atomic E-state index is 11.7.